The highest BCUT2D eigenvalue weighted by Gasteiger charge is 2.32. The Morgan fingerprint density at radius 3 is 2.33 bits per heavy atom. The van der Waals surface area contributed by atoms with E-state index in [4.69, 9.17) is 11.6 Å². The Morgan fingerprint density at radius 1 is 1.00 bits per heavy atom. The second-order valence-corrected chi connectivity index (χ2v) is 4.83. The third-order valence-corrected chi connectivity index (χ3v) is 3.29. The summed E-state index contributed by atoms with van der Waals surface area (Å²) < 4.78 is 0. The van der Waals surface area contributed by atoms with E-state index in [2.05, 4.69) is 5.32 Å². The van der Waals surface area contributed by atoms with Gasteiger partial charge in [0.1, 0.15) is 18.3 Å². The first-order valence-corrected chi connectivity index (χ1v) is 6.16. The van der Waals surface area contributed by atoms with Crippen LogP contribution in [-0.4, -0.2) is 39.7 Å². The van der Waals surface area contributed by atoms with Gasteiger partial charge in [-0.3, -0.25) is 0 Å². The maximum Gasteiger partial charge on any atom is 0.111 e. The van der Waals surface area contributed by atoms with Gasteiger partial charge in [0.05, 0.1) is 6.04 Å². The minimum Gasteiger partial charge on any atom is -0.388 e. The molecule has 0 aliphatic heterocycles. The smallest absolute Gasteiger partial charge is 0.111 e. The van der Waals surface area contributed by atoms with Crippen molar-refractivity contribution in [3.8, 4) is 0 Å². The molecule has 0 bridgehead atoms. The summed E-state index contributed by atoms with van der Waals surface area (Å²) in [5, 5.41) is 32.5. The number of hydrogen-bond donors (Lipinski definition) is 4. The summed E-state index contributed by atoms with van der Waals surface area (Å²) in [5.41, 5.74) is 1.03. The van der Waals surface area contributed by atoms with Gasteiger partial charge in [-0.25, -0.2) is 0 Å². The fraction of sp³-hybridized carbons (Fsp3) is 0.385. The van der Waals surface area contributed by atoms with Crippen molar-refractivity contribution in [3.05, 3.63) is 47.0 Å². The van der Waals surface area contributed by atoms with E-state index in [-0.39, 0.29) is 6.04 Å². The standard InChI is InChI=1S/C13H16ClNO3/c14-9-3-1-8(2-4-9)7-15-10-5-6-11(16)13(18)12(10)17/h1-6,10-13,15-18H,7H2. The van der Waals surface area contributed by atoms with Crippen LogP contribution in [0.1, 0.15) is 5.56 Å². The molecule has 4 atom stereocenters. The average Bonchev–Trinajstić information content (AvgIpc) is 2.37. The summed E-state index contributed by atoms with van der Waals surface area (Å²) in [6, 6.07) is 6.99. The van der Waals surface area contributed by atoms with Crippen molar-refractivity contribution in [1.82, 2.24) is 5.32 Å². The van der Waals surface area contributed by atoms with Gasteiger partial charge in [0.25, 0.3) is 0 Å². The molecule has 1 aliphatic rings. The van der Waals surface area contributed by atoms with E-state index in [9.17, 15) is 15.3 Å². The van der Waals surface area contributed by atoms with Gasteiger partial charge in [0.15, 0.2) is 0 Å². The molecule has 0 saturated carbocycles. The molecule has 5 heteroatoms. The van der Waals surface area contributed by atoms with Crippen molar-refractivity contribution in [2.45, 2.75) is 30.9 Å². The number of rotatable bonds is 3. The molecule has 1 aromatic carbocycles. The van der Waals surface area contributed by atoms with E-state index in [0.717, 1.165) is 5.56 Å². The molecule has 0 amide bonds. The summed E-state index contributed by atoms with van der Waals surface area (Å²) >= 11 is 5.79. The predicted octanol–water partition coefficient (Wildman–Crippen LogP) is 0.451. The summed E-state index contributed by atoms with van der Waals surface area (Å²) in [5.74, 6) is 0. The molecule has 98 valence electrons. The lowest BCUT2D eigenvalue weighted by atomic mass is 9.94. The second-order valence-electron chi connectivity index (χ2n) is 4.39. The van der Waals surface area contributed by atoms with Crippen LogP contribution in [0.2, 0.25) is 5.02 Å². The van der Waals surface area contributed by atoms with Crippen LogP contribution in [-0.2, 0) is 6.54 Å². The highest BCUT2D eigenvalue weighted by molar-refractivity contribution is 6.30. The first kappa shape index (κ1) is 13.5. The van der Waals surface area contributed by atoms with Crippen molar-refractivity contribution in [2.75, 3.05) is 0 Å². The zero-order valence-corrected chi connectivity index (χ0v) is 10.5. The summed E-state index contributed by atoms with van der Waals surface area (Å²) in [4.78, 5) is 0. The lowest BCUT2D eigenvalue weighted by Crippen LogP contribution is -2.51. The number of aliphatic hydroxyl groups excluding tert-OH is 3. The average molecular weight is 270 g/mol. The lowest BCUT2D eigenvalue weighted by molar-refractivity contribution is -0.0567. The van der Waals surface area contributed by atoms with Crippen molar-refractivity contribution in [1.29, 1.82) is 0 Å². The van der Waals surface area contributed by atoms with Crippen LogP contribution in [0.25, 0.3) is 0 Å². The molecule has 1 aliphatic carbocycles. The molecular formula is C13H16ClNO3. The summed E-state index contributed by atoms with van der Waals surface area (Å²) in [6.45, 7) is 0.548. The van der Waals surface area contributed by atoms with Gasteiger partial charge in [-0.2, -0.15) is 0 Å². The number of nitrogens with one attached hydrogen (secondary N) is 1. The highest BCUT2D eigenvalue weighted by Crippen LogP contribution is 2.15. The monoisotopic (exact) mass is 269 g/mol. The van der Waals surface area contributed by atoms with Gasteiger partial charge in [0, 0.05) is 11.6 Å². The molecule has 1 aromatic rings. The van der Waals surface area contributed by atoms with Crippen LogP contribution >= 0.6 is 11.6 Å². The molecule has 0 radical (unpaired) electrons. The predicted molar refractivity (Wildman–Crippen MR) is 69.2 cm³/mol. The first-order chi connectivity index (χ1) is 8.58. The van der Waals surface area contributed by atoms with E-state index in [1.54, 1.807) is 18.2 Å². The minimum atomic E-state index is -1.15. The van der Waals surface area contributed by atoms with Gasteiger partial charge >= 0.3 is 0 Å². The fourth-order valence-corrected chi connectivity index (χ4v) is 2.03. The normalized spacial score (nSPS) is 31.6. The lowest BCUT2D eigenvalue weighted by Gasteiger charge is -2.31. The van der Waals surface area contributed by atoms with Crippen LogP contribution in [0, 0.1) is 0 Å². The summed E-state index contributed by atoms with van der Waals surface area (Å²) in [6.07, 6.45) is -0.0295. The number of hydrogen-bond acceptors (Lipinski definition) is 4. The molecule has 0 heterocycles. The van der Waals surface area contributed by atoms with Gasteiger partial charge in [-0.1, -0.05) is 35.9 Å². The fourth-order valence-electron chi connectivity index (χ4n) is 1.90. The van der Waals surface area contributed by atoms with Crippen molar-refractivity contribution in [2.24, 2.45) is 0 Å². The van der Waals surface area contributed by atoms with Gasteiger partial charge in [0.2, 0.25) is 0 Å². The first-order valence-electron chi connectivity index (χ1n) is 5.78. The van der Waals surface area contributed by atoms with Crippen LogP contribution in [0.3, 0.4) is 0 Å². The van der Waals surface area contributed by atoms with Crippen LogP contribution in [0.4, 0.5) is 0 Å². The number of benzene rings is 1. The van der Waals surface area contributed by atoms with E-state index in [1.165, 1.54) is 6.08 Å². The molecule has 18 heavy (non-hydrogen) atoms. The SMILES string of the molecule is OC1C=CC(NCc2ccc(Cl)cc2)C(O)C1O. The zero-order chi connectivity index (χ0) is 13.1. The van der Waals surface area contributed by atoms with E-state index < -0.39 is 18.3 Å². The third-order valence-electron chi connectivity index (χ3n) is 3.04. The number of halogens is 1. The van der Waals surface area contributed by atoms with Crippen LogP contribution in [0.5, 0.6) is 0 Å². The Kier molecular flexibility index (Phi) is 4.37. The zero-order valence-electron chi connectivity index (χ0n) is 9.70. The highest BCUT2D eigenvalue weighted by atomic mass is 35.5. The van der Waals surface area contributed by atoms with Crippen molar-refractivity contribution >= 4 is 11.6 Å². The third kappa shape index (κ3) is 3.10. The molecule has 4 N–H and O–H groups in total. The van der Waals surface area contributed by atoms with Gasteiger partial charge in [-0.15, -0.1) is 0 Å². The van der Waals surface area contributed by atoms with Crippen LogP contribution in [0.15, 0.2) is 36.4 Å². The molecule has 0 saturated heterocycles. The molecular weight excluding hydrogens is 254 g/mol. The Labute approximate surface area is 111 Å². The Balaban J connectivity index is 1.94. The molecule has 0 fully saturated rings. The van der Waals surface area contributed by atoms with Crippen molar-refractivity contribution < 1.29 is 15.3 Å². The largest absolute Gasteiger partial charge is 0.388 e. The van der Waals surface area contributed by atoms with Crippen molar-refractivity contribution in [3.63, 3.8) is 0 Å². The van der Waals surface area contributed by atoms with Gasteiger partial charge < -0.3 is 20.6 Å². The Hall–Kier alpha value is -0.910. The Bertz CT molecular complexity index is 421. The maximum atomic E-state index is 9.79. The second kappa shape index (κ2) is 5.82. The Morgan fingerprint density at radius 2 is 1.67 bits per heavy atom. The molecule has 4 unspecified atom stereocenters. The van der Waals surface area contributed by atoms with E-state index in [0.29, 0.717) is 11.6 Å². The molecule has 2 rings (SSSR count). The maximum absolute atomic E-state index is 9.79. The molecule has 4 nitrogen and oxygen atoms in total. The quantitative estimate of drug-likeness (QED) is 0.602. The molecule has 0 aromatic heterocycles. The van der Waals surface area contributed by atoms with E-state index >= 15 is 0 Å². The molecule has 0 spiro atoms. The number of aliphatic hydroxyl groups is 3. The minimum absolute atomic E-state index is 0.376. The van der Waals surface area contributed by atoms with E-state index in [1.807, 2.05) is 12.1 Å². The summed E-state index contributed by atoms with van der Waals surface area (Å²) in [7, 11) is 0. The topological polar surface area (TPSA) is 72.7 Å². The van der Waals surface area contributed by atoms with Gasteiger partial charge in [-0.05, 0) is 17.7 Å². The van der Waals surface area contributed by atoms with Crippen LogP contribution < -0.4 is 5.32 Å².